The number of aryl methyl sites for hydroxylation is 1. The van der Waals surface area contributed by atoms with Gasteiger partial charge in [-0.25, -0.2) is 8.42 Å². The number of hydrogen-bond donors (Lipinski definition) is 0. The molecule has 0 radical (unpaired) electrons. The van der Waals surface area contributed by atoms with Gasteiger partial charge in [-0.1, -0.05) is 61.0 Å². The maximum atomic E-state index is 13.0. The predicted molar refractivity (Wildman–Crippen MR) is 101 cm³/mol. The van der Waals surface area contributed by atoms with E-state index in [4.69, 9.17) is 4.84 Å². The minimum atomic E-state index is -3.52. The van der Waals surface area contributed by atoms with Gasteiger partial charge in [-0.05, 0) is 29.7 Å². The van der Waals surface area contributed by atoms with Crippen LogP contribution in [0.4, 0.5) is 0 Å². The van der Waals surface area contributed by atoms with Gasteiger partial charge >= 0.3 is 0 Å². The van der Waals surface area contributed by atoms with Crippen LogP contribution >= 0.6 is 0 Å². The summed E-state index contributed by atoms with van der Waals surface area (Å²) in [5, 5.41) is 4.21. The minimum Gasteiger partial charge on any atom is -0.390 e. The lowest BCUT2D eigenvalue weighted by atomic mass is 9.95. The van der Waals surface area contributed by atoms with Crippen LogP contribution in [-0.2, 0) is 21.3 Å². The predicted octanol–water partition coefficient (Wildman–Crippen LogP) is 3.06. The van der Waals surface area contributed by atoms with E-state index in [-0.39, 0.29) is 12.0 Å². The first-order valence-corrected chi connectivity index (χ1v) is 10.4. The van der Waals surface area contributed by atoms with Crippen LogP contribution in [0.15, 0.2) is 64.6 Å². The van der Waals surface area contributed by atoms with E-state index >= 15 is 0 Å². The van der Waals surface area contributed by atoms with Crippen molar-refractivity contribution in [2.24, 2.45) is 11.1 Å². The van der Waals surface area contributed by atoms with E-state index < -0.39 is 10.0 Å². The number of nitrogens with zero attached hydrogens (tertiary/aromatic N) is 2. The van der Waals surface area contributed by atoms with Crippen molar-refractivity contribution in [1.82, 2.24) is 4.31 Å². The third kappa shape index (κ3) is 3.04. The highest BCUT2D eigenvalue weighted by Crippen LogP contribution is 2.33. The Morgan fingerprint density at radius 3 is 2.50 bits per heavy atom. The fourth-order valence-corrected chi connectivity index (χ4v) is 5.12. The van der Waals surface area contributed by atoms with Gasteiger partial charge in [0.05, 0.1) is 23.1 Å². The van der Waals surface area contributed by atoms with E-state index in [1.54, 1.807) is 12.1 Å². The summed E-state index contributed by atoms with van der Waals surface area (Å²) in [6, 6.07) is 17.0. The molecule has 0 bridgehead atoms. The Labute approximate surface area is 154 Å². The van der Waals surface area contributed by atoms with Crippen molar-refractivity contribution in [2.45, 2.75) is 30.8 Å². The Morgan fingerprint density at radius 1 is 1.08 bits per heavy atom. The van der Waals surface area contributed by atoms with E-state index in [1.165, 1.54) is 4.31 Å². The molecule has 2 atom stereocenters. The molecule has 2 unspecified atom stereocenters. The molecule has 1 fully saturated rings. The molecular formula is C20H22N2O3S. The van der Waals surface area contributed by atoms with Gasteiger partial charge in [0.1, 0.15) is 0 Å². The van der Waals surface area contributed by atoms with Crippen LogP contribution in [-0.4, -0.2) is 37.6 Å². The van der Waals surface area contributed by atoms with E-state index in [2.05, 4.69) is 12.1 Å². The standard InChI is InChI=1S/C20H22N2O3S/c1-2-6-15-9-11-17(12-10-15)26(23,24)22-13-18-19(14-22)25-21-20(18)16-7-4-3-5-8-16/h3-5,7-12,18-19H,2,6,13-14H2,1H3. The number of fused-ring (bicyclic) bond motifs is 1. The summed E-state index contributed by atoms with van der Waals surface area (Å²) < 4.78 is 27.5. The first-order valence-electron chi connectivity index (χ1n) is 8.98. The van der Waals surface area contributed by atoms with Gasteiger partial charge in [0.15, 0.2) is 6.10 Å². The molecule has 6 heteroatoms. The first-order chi connectivity index (χ1) is 12.6. The summed E-state index contributed by atoms with van der Waals surface area (Å²) in [4.78, 5) is 5.88. The van der Waals surface area contributed by atoms with Crippen molar-refractivity contribution in [3.8, 4) is 0 Å². The highest BCUT2D eigenvalue weighted by molar-refractivity contribution is 7.89. The lowest BCUT2D eigenvalue weighted by Gasteiger charge is -2.17. The molecule has 2 aromatic rings. The number of sulfonamides is 1. The normalized spacial score (nSPS) is 22.7. The van der Waals surface area contributed by atoms with E-state index in [9.17, 15) is 8.42 Å². The zero-order valence-electron chi connectivity index (χ0n) is 14.7. The van der Waals surface area contributed by atoms with Crippen molar-refractivity contribution in [3.05, 3.63) is 65.7 Å². The lowest BCUT2D eigenvalue weighted by Crippen LogP contribution is -2.30. The first kappa shape index (κ1) is 17.2. The molecule has 0 aliphatic carbocycles. The molecular weight excluding hydrogens is 348 g/mol. The zero-order chi connectivity index (χ0) is 18.1. The maximum Gasteiger partial charge on any atom is 0.243 e. The van der Waals surface area contributed by atoms with E-state index in [0.29, 0.717) is 18.0 Å². The summed E-state index contributed by atoms with van der Waals surface area (Å²) in [7, 11) is -3.52. The maximum absolute atomic E-state index is 13.0. The Bertz CT molecular complexity index is 908. The summed E-state index contributed by atoms with van der Waals surface area (Å²) in [6.07, 6.45) is 1.79. The number of hydrogen-bond acceptors (Lipinski definition) is 4. The zero-order valence-corrected chi connectivity index (χ0v) is 15.5. The van der Waals surface area contributed by atoms with Crippen LogP contribution in [0, 0.1) is 5.92 Å². The third-order valence-corrected chi connectivity index (χ3v) is 6.89. The molecule has 2 heterocycles. The number of oxime groups is 1. The molecule has 4 rings (SSSR count). The van der Waals surface area contributed by atoms with Crippen molar-refractivity contribution in [2.75, 3.05) is 13.1 Å². The van der Waals surface area contributed by atoms with Gasteiger partial charge in [-0.3, -0.25) is 0 Å². The number of rotatable bonds is 5. The van der Waals surface area contributed by atoms with Crippen molar-refractivity contribution < 1.29 is 13.3 Å². The fourth-order valence-electron chi connectivity index (χ4n) is 3.64. The monoisotopic (exact) mass is 370 g/mol. The van der Waals surface area contributed by atoms with Gasteiger partial charge in [-0.2, -0.15) is 4.31 Å². The largest absolute Gasteiger partial charge is 0.390 e. The summed E-state index contributed by atoms with van der Waals surface area (Å²) in [5.41, 5.74) is 2.99. The Kier molecular flexibility index (Phi) is 4.54. The lowest BCUT2D eigenvalue weighted by molar-refractivity contribution is 0.0803. The van der Waals surface area contributed by atoms with Crippen molar-refractivity contribution in [1.29, 1.82) is 0 Å². The van der Waals surface area contributed by atoms with E-state index in [0.717, 1.165) is 29.7 Å². The molecule has 5 nitrogen and oxygen atoms in total. The van der Waals surface area contributed by atoms with Gasteiger partial charge in [-0.15, -0.1) is 0 Å². The van der Waals surface area contributed by atoms with Gasteiger partial charge < -0.3 is 4.84 Å². The van der Waals surface area contributed by atoms with Crippen LogP contribution in [0.5, 0.6) is 0 Å². The van der Waals surface area contributed by atoms with Crippen LogP contribution in [0.1, 0.15) is 24.5 Å². The molecule has 0 amide bonds. The van der Waals surface area contributed by atoms with Crippen LogP contribution < -0.4 is 0 Å². The second-order valence-electron chi connectivity index (χ2n) is 6.81. The topological polar surface area (TPSA) is 59.0 Å². The summed E-state index contributed by atoms with van der Waals surface area (Å²) in [5.74, 6) is -0.0217. The van der Waals surface area contributed by atoms with Gasteiger partial charge in [0, 0.05) is 6.54 Å². The molecule has 26 heavy (non-hydrogen) atoms. The molecule has 2 aliphatic rings. The quantitative estimate of drug-likeness (QED) is 0.813. The molecule has 2 aromatic carbocycles. The third-order valence-electron chi connectivity index (χ3n) is 5.04. The second kappa shape index (κ2) is 6.85. The molecule has 2 aliphatic heterocycles. The number of benzene rings is 2. The molecule has 0 N–H and O–H groups in total. The SMILES string of the molecule is CCCc1ccc(S(=O)(=O)N2CC3ON=C(c4ccccc4)C3C2)cc1. The average molecular weight is 370 g/mol. The van der Waals surface area contributed by atoms with Gasteiger partial charge in [0.25, 0.3) is 0 Å². The molecule has 136 valence electrons. The van der Waals surface area contributed by atoms with Crippen LogP contribution in [0.2, 0.25) is 0 Å². The highest BCUT2D eigenvalue weighted by Gasteiger charge is 2.46. The smallest absolute Gasteiger partial charge is 0.243 e. The van der Waals surface area contributed by atoms with Crippen LogP contribution in [0.25, 0.3) is 0 Å². The molecule has 1 saturated heterocycles. The minimum absolute atomic E-state index is 0.0217. The Hall–Kier alpha value is -2.18. The summed E-state index contributed by atoms with van der Waals surface area (Å²) in [6.45, 7) is 2.85. The Morgan fingerprint density at radius 2 is 1.81 bits per heavy atom. The highest BCUT2D eigenvalue weighted by atomic mass is 32.2. The van der Waals surface area contributed by atoms with Crippen molar-refractivity contribution >= 4 is 15.7 Å². The molecule has 0 saturated carbocycles. The Balaban J connectivity index is 1.54. The van der Waals surface area contributed by atoms with Crippen molar-refractivity contribution in [3.63, 3.8) is 0 Å². The molecule has 0 aromatic heterocycles. The second-order valence-corrected chi connectivity index (χ2v) is 8.75. The average Bonchev–Trinajstić information content (AvgIpc) is 3.24. The fraction of sp³-hybridized carbons (Fsp3) is 0.350. The summed E-state index contributed by atoms with van der Waals surface area (Å²) >= 11 is 0. The van der Waals surface area contributed by atoms with E-state index in [1.807, 2.05) is 42.5 Å². The van der Waals surface area contributed by atoms with Gasteiger partial charge in [0.2, 0.25) is 10.0 Å². The van der Waals surface area contributed by atoms with Crippen LogP contribution in [0.3, 0.4) is 0 Å². The molecule has 0 spiro atoms.